The van der Waals surface area contributed by atoms with Crippen LogP contribution in [0.15, 0.2) is 109 Å². The van der Waals surface area contributed by atoms with E-state index in [1.165, 1.54) is 22.5 Å². The number of amides is 2. The maximum atomic E-state index is 13.9. The lowest BCUT2D eigenvalue weighted by atomic mass is 10.0. The van der Waals surface area contributed by atoms with Crippen molar-refractivity contribution in [3.8, 4) is 11.1 Å². The summed E-state index contributed by atoms with van der Waals surface area (Å²) < 4.78 is 20.5. The molecule has 0 bridgehead atoms. The summed E-state index contributed by atoms with van der Waals surface area (Å²) in [5, 5.41) is 5.21. The first-order chi connectivity index (χ1) is 21.7. The monoisotopic (exact) mass is 622 g/mol. The van der Waals surface area contributed by atoms with E-state index in [1.807, 2.05) is 29.2 Å². The van der Waals surface area contributed by atoms with Gasteiger partial charge in [0.2, 0.25) is 5.91 Å². The first-order valence-electron chi connectivity index (χ1n) is 15.9. The molecule has 2 amide bonds. The van der Waals surface area contributed by atoms with Crippen LogP contribution in [0.5, 0.6) is 0 Å². The average Bonchev–Trinajstić information content (AvgIpc) is 3.07. The van der Waals surface area contributed by atoms with Crippen molar-refractivity contribution in [2.24, 2.45) is 0 Å². The standard InChI is InChI=1S/C38H43FN2O3Si/c1-38(2,3)45(33-13-7-4-8-14-33,34-15-9-5-10-16-34)44-28-25-35(37(43)41-26-11-6-12-27-41)40-36(42)31-19-17-29(18-20-31)30-21-23-32(39)24-22-30/h4-5,7-10,13-24,35H,6,11-12,25-28H2,1-3H3,(H,40,42)/t35-/m0/s1. The summed E-state index contributed by atoms with van der Waals surface area (Å²) in [6, 6.07) is 33.6. The molecule has 1 aliphatic rings. The molecule has 0 radical (unpaired) electrons. The predicted octanol–water partition coefficient (Wildman–Crippen LogP) is 6.57. The molecule has 1 aliphatic heterocycles. The Balaban J connectivity index is 1.38. The molecule has 5 nitrogen and oxygen atoms in total. The lowest BCUT2D eigenvalue weighted by molar-refractivity contribution is -0.134. The predicted molar refractivity (Wildman–Crippen MR) is 182 cm³/mol. The highest BCUT2D eigenvalue weighted by atomic mass is 28.4. The Morgan fingerprint density at radius 3 is 1.80 bits per heavy atom. The number of hydrogen-bond acceptors (Lipinski definition) is 3. The normalized spacial score (nSPS) is 14.5. The Kier molecular flexibility index (Phi) is 10.3. The number of halogens is 1. The summed E-state index contributed by atoms with van der Waals surface area (Å²) in [5.74, 6) is -0.656. The van der Waals surface area contributed by atoms with Crippen LogP contribution in [-0.2, 0) is 9.22 Å². The van der Waals surface area contributed by atoms with E-state index in [1.54, 1.807) is 24.3 Å². The van der Waals surface area contributed by atoms with Crippen molar-refractivity contribution >= 4 is 30.5 Å². The third-order valence-corrected chi connectivity index (χ3v) is 13.8. The second kappa shape index (κ2) is 14.4. The van der Waals surface area contributed by atoms with E-state index in [9.17, 15) is 14.0 Å². The molecule has 0 saturated carbocycles. The average molecular weight is 623 g/mol. The summed E-state index contributed by atoms with van der Waals surface area (Å²) in [6.07, 6.45) is 3.41. The van der Waals surface area contributed by atoms with Gasteiger partial charge in [-0.3, -0.25) is 9.59 Å². The van der Waals surface area contributed by atoms with Crippen molar-refractivity contribution in [1.29, 1.82) is 0 Å². The molecule has 1 atom stereocenters. The fourth-order valence-electron chi connectivity index (χ4n) is 6.38. The molecular formula is C38H43FN2O3Si. The number of piperidine rings is 1. The van der Waals surface area contributed by atoms with Gasteiger partial charge >= 0.3 is 0 Å². The maximum absolute atomic E-state index is 13.9. The molecule has 1 N–H and O–H groups in total. The minimum atomic E-state index is -2.80. The lowest BCUT2D eigenvalue weighted by Gasteiger charge is -2.43. The summed E-state index contributed by atoms with van der Waals surface area (Å²) >= 11 is 0. The van der Waals surface area contributed by atoms with E-state index in [4.69, 9.17) is 4.43 Å². The molecule has 7 heteroatoms. The third kappa shape index (κ3) is 7.43. The van der Waals surface area contributed by atoms with E-state index in [0.29, 0.717) is 31.7 Å². The topological polar surface area (TPSA) is 58.6 Å². The number of rotatable bonds is 10. The van der Waals surface area contributed by atoms with E-state index in [0.717, 1.165) is 30.4 Å². The Labute approximate surface area is 267 Å². The van der Waals surface area contributed by atoms with Gasteiger partial charge in [0.1, 0.15) is 11.9 Å². The SMILES string of the molecule is CC(C)(C)[Si](OCC[C@H](NC(=O)c1ccc(-c2ccc(F)cc2)cc1)C(=O)N1CCCCC1)(c1ccccc1)c1ccccc1. The summed E-state index contributed by atoms with van der Waals surface area (Å²) in [6.45, 7) is 8.41. The zero-order chi connectivity index (χ0) is 31.9. The summed E-state index contributed by atoms with van der Waals surface area (Å²) in [5.41, 5.74) is 2.21. The molecule has 1 heterocycles. The molecule has 0 unspecified atom stereocenters. The van der Waals surface area contributed by atoms with Crippen molar-refractivity contribution in [3.05, 3.63) is 121 Å². The number of likely N-dealkylation sites (tertiary alicyclic amines) is 1. The summed E-state index contributed by atoms with van der Waals surface area (Å²) in [7, 11) is -2.80. The van der Waals surface area contributed by atoms with Crippen LogP contribution < -0.4 is 15.7 Å². The second-order valence-corrected chi connectivity index (χ2v) is 17.1. The van der Waals surface area contributed by atoms with E-state index < -0.39 is 14.4 Å². The van der Waals surface area contributed by atoms with Crippen LogP contribution in [0.4, 0.5) is 4.39 Å². The van der Waals surface area contributed by atoms with Gasteiger partial charge < -0.3 is 14.6 Å². The highest BCUT2D eigenvalue weighted by Gasteiger charge is 2.50. The largest absolute Gasteiger partial charge is 0.407 e. The molecule has 234 valence electrons. The van der Waals surface area contributed by atoms with Crippen LogP contribution in [0, 0.1) is 5.82 Å². The van der Waals surface area contributed by atoms with Gasteiger partial charge in [0.05, 0.1) is 0 Å². The molecule has 4 aromatic carbocycles. The molecule has 1 saturated heterocycles. The minimum Gasteiger partial charge on any atom is -0.407 e. The Bertz CT molecular complexity index is 1510. The number of hydrogen-bond donors (Lipinski definition) is 1. The molecule has 4 aromatic rings. The third-order valence-electron chi connectivity index (χ3n) is 8.74. The van der Waals surface area contributed by atoms with Gasteiger partial charge in [0.25, 0.3) is 14.2 Å². The lowest BCUT2D eigenvalue weighted by Crippen LogP contribution is -2.66. The van der Waals surface area contributed by atoms with Crippen molar-refractivity contribution in [3.63, 3.8) is 0 Å². The zero-order valence-electron chi connectivity index (χ0n) is 26.5. The second-order valence-electron chi connectivity index (χ2n) is 12.8. The molecule has 45 heavy (non-hydrogen) atoms. The quantitative estimate of drug-likeness (QED) is 0.204. The van der Waals surface area contributed by atoms with E-state index in [-0.39, 0.29) is 22.7 Å². The van der Waals surface area contributed by atoms with Crippen LogP contribution in [-0.4, -0.2) is 50.8 Å². The van der Waals surface area contributed by atoms with Crippen LogP contribution in [0.1, 0.15) is 56.8 Å². The first-order valence-corrected chi connectivity index (χ1v) is 17.8. The Hall–Kier alpha value is -4.07. The maximum Gasteiger partial charge on any atom is 0.261 e. The number of nitrogens with zero attached hydrogens (tertiary/aromatic N) is 1. The van der Waals surface area contributed by atoms with Crippen LogP contribution in [0.25, 0.3) is 11.1 Å². The van der Waals surface area contributed by atoms with Gasteiger partial charge in [-0.2, -0.15) is 0 Å². The van der Waals surface area contributed by atoms with E-state index in [2.05, 4.69) is 74.6 Å². The molecule has 0 spiro atoms. The number of nitrogens with one attached hydrogen (secondary N) is 1. The van der Waals surface area contributed by atoms with Gasteiger partial charge in [0, 0.05) is 25.3 Å². The smallest absolute Gasteiger partial charge is 0.261 e. The van der Waals surface area contributed by atoms with Crippen molar-refractivity contribution in [2.45, 2.75) is 57.5 Å². The van der Waals surface area contributed by atoms with Crippen molar-refractivity contribution < 1.29 is 18.4 Å². The number of carbonyl (C=O) groups is 2. The van der Waals surface area contributed by atoms with Crippen molar-refractivity contribution in [2.75, 3.05) is 19.7 Å². The van der Waals surface area contributed by atoms with Gasteiger partial charge in [-0.25, -0.2) is 4.39 Å². The summed E-state index contributed by atoms with van der Waals surface area (Å²) in [4.78, 5) is 29.3. The van der Waals surface area contributed by atoms with Crippen LogP contribution >= 0.6 is 0 Å². The molecular weight excluding hydrogens is 580 g/mol. The van der Waals surface area contributed by atoms with Gasteiger partial charge in [-0.15, -0.1) is 0 Å². The number of carbonyl (C=O) groups excluding carboxylic acids is 2. The van der Waals surface area contributed by atoms with Crippen LogP contribution in [0.3, 0.4) is 0 Å². The van der Waals surface area contributed by atoms with E-state index >= 15 is 0 Å². The number of benzene rings is 4. The van der Waals surface area contributed by atoms with Gasteiger partial charge in [-0.1, -0.05) is 106 Å². The highest BCUT2D eigenvalue weighted by Crippen LogP contribution is 2.37. The fraction of sp³-hybridized carbons (Fsp3) is 0.316. The zero-order valence-corrected chi connectivity index (χ0v) is 27.5. The Morgan fingerprint density at radius 1 is 0.778 bits per heavy atom. The van der Waals surface area contributed by atoms with Crippen molar-refractivity contribution in [1.82, 2.24) is 10.2 Å². The molecule has 5 rings (SSSR count). The van der Waals surface area contributed by atoms with Gasteiger partial charge in [0.15, 0.2) is 0 Å². The fourth-order valence-corrected chi connectivity index (χ4v) is 11.0. The first kappa shape index (κ1) is 32.3. The highest BCUT2D eigenvalue weighted by molar-refractivity contribution is 6.99. The molecule has 0 aromatic heterocycles. The van der Waals surface area contributed by atoms with Crippen LogP contribution in [0.2, 0.25) is 5.04 Å². The molecule has 0 aliphatic carbocycles. The van der Waals surface area contributed by atoms with Gasteiger partial charge in [-0.05, 0) is 76.5 Å². The Morgan fingerprint density at radius 2 is 1.29 bits per heavy atom. The minimum absolute atomic E-state index is 0.0583. The molecule has 1 fully saturated rings.